The molecular formula is C15H19N3O3S. The zero-order chi connectivity index (χ0) is 15.5. The largest absolute Gasteiger partial charge is 0.482 e. The van der Waals surface area contributed by atoms with Crippen LogP contribution in [-0.4, -0.2) is 48.0 Å². The molecule has 3 amide bonds. The van der Waals surface area contributed by atoms with Gasteiger partial charge in [-0.15, -0.1) is 0 Å². The summed E-state index contributed by atoms with van der Waals surface area (Å²) in [5.41, 5.74) is 1.59. The van der Waals surface area contributed by atoms with E-state index in [1.54, 1.807) is 0 Å². The van der Waals surface area contributed by atoms with Gasteiger partial charge in [0.2, 0.25) is 0 Å². The van der Waals surface area contributed by atoms with E-state index in [4.69, 9.17) is 4.74 Å². The van der Waals surface area contributed by atoms with Gasteiger partial charge in [0, 0.05) is 24.6 Å². The third kappa shape index (κ3) is 3.30. The summed E-state index contributed by atoms with van der Waals surface area (Å²) in [6.07, 6.45) is 0. The number of ether oxygens (including phenoxy) is 1. The van der Waals surface area contributed by atoms with Crippen molar-refractivity contribution in [1.82, 2.24) is 10.2 Å². The van der Waals surface area contributed by atoms with Crippen molar-refractivity contribution in [3.05, 3.63) is 23.8 Å². The average molecular weight is 321 g/mol. The van der Waals surface area contributed by atoms with E-state index < -0.39 is 0 Å². The molecule has 1 saturated heterocycles. The first-order valence-electron chi connectivity index (χ1n) is 7.33. The van der Waals surface area contributed by atoms with Crippen LogP contribution in [0.4, 0.5) is 10.5 Å². The van der Waals surface area contributed by atoms with Gasteiger partial charge in [-0.2, -0.15) is 11.8 Å². The zero-order valence-corrected chi connectivity index (χ0v) is 13.2. The maximum absolute atomic E-state index is 12.2. The van der Waals surface area contributed by atoms with Crippen molar-refractivity contribution in [2.24, 2.45) is 0 Å². The number of rotatable bonds is 2. The normalized spacial score (nSPS) is 18.8. The third-order valence-electron chi connectivity index (χ3n) is 3.77. The molecule has 2 aliphatic heterocycles. The molecule has 2 aliphatic rings. The number of nitrogens with one attached hydrogen (secondary N) is 2. The Morgan fingerprint density at radius 1 is 1.41 bits per heavy atom. The van der Waals surface area contributed by atoms with Crippen molar-refractivity contribution in [2.45, 2.75) is 13.0 Å². The molecule has 0 aromatic heterocycles. The van der Waals surface area contributed by atoms with Crippen LogP contribution in [0.15, 0.2) is 18.2 Å². The van der Waals surface area contributed by atoms with Crippen LogP contribution in [0, 0.1) is 0 Å². The second kappa shape index (κ2) is 6.48. The molecule has 118 valence electrons. The van der Waals surface area contributed by atoms with Crippen LogP contribution in [-0.2, 0) is 4.79 Å². The number of nitrogens with zero attached hydrogens (tertiary/aromatic N) is 1. The maximum atomic E-state index is 12.2. The molecule has 0 unspecified atom stereocenters. The van der Waals surface area contributed by atoms with Gasteiger partial charge in [-0.25, -0.2) is 4.79 Å². The number of amides is 3. The quantitative estimate of drug-likeness (QED) is 0.872. The zero-order valence-electron chi connectivity index (χ0n) is 12.4. The van der Waals surface area contributed by atoms with Crippen molar-refractivity contribution in [3.8, 4) is 5.75 Å². The SMILES string of the molecule is C[C@H](NC(=O)N1CCSCC1)c1ccc2c(c1)NC(=O)CO2. The van der Waals surface area contributed by atoms with Crippen LogP contribution in [0.25, 0.3) is 0 Å². The second-order valence-electron chi connectivity index (χ2n) is 5.36. The number of benzene rings is 1. The molecule has 0 saturated carbocycles. The highest BCUT2D eigenvalue weighted by molar-refractivity contribution is 7.99. The van der Waals surface area contributed by atoms with Gasteiger partial charge in [-0.3, -0.25) is 4.79 Å². The Morgan fingerprint density at radius 2 is 2.18 bits per heavy atom. The minimum Gasteiger partial charge on any atom is -0.482 e. The fraction of sp³-hybridized carbons (Fsp3) is 0.467. The van der Waals surface area contributed by atoms with Crippen LogP contribution >= 0.6 is 11.8 Å². The molecule has 3 rings (SSSR count). The Morgan fingerprint density at radius 3 is 2.95 bits per heavy atom. The van der Waals surface area contributed by atoms with E-state index in [0.717, 1.165) is 30.2 Å². The third-order valence-corrected chi connectivity index (χ3v) is 4.72. The molecule has 1 aromatic rings. The summed E-state index contributed by atoms with van der Waals surface area (Å²) in [5.74, 6) is 2.48. The van der Waals surface area contributed by atoms with Crippen LogP contribution in [0.2, 0.25) is 0 Å². The summed E-state index contributed by atoms with van der Waals surface area (Å²) < 4.78 is 5.34. The van der Waals surface area contributed by atoms with Crippen LogP contribution in [0.5, 0.6) is 5.75 Å². The molecule has 0 spiro atoms. The molecule has 7 heteroatoms. The minimum absolute atomic E-state index is 0.0363. The van der Waals surface area contributed by atoms with Gasteiger partial charge >= 0.3 is 6.03 Å². The predicted molar refractivity (Wildman–Crippen MR) is 86.4 cm³/mol. The second-order valence-corrected chi connectivity index (χ2v) is 6.59. The Kier molecular flexibility index (Phi) is 4.42. The lowest BCUT2D eigenvalue weighted by atomic mass is 10.1. The van der Waals surface area contributed by atoms with Crippen LogP contribution in [0.1, 0.15) is 18.5 Å². The number of fused-ring (bicyclic) bond motifs is 1. The van der Waals surface area contributed by atoms with E-state index >= 15 is 0 Å². The molecule has 0 radical (unpaired) electrons. The van der Waals surface area contributed by atoms with E-state index in [9.17, 15) is 9.59 Å². The van der Waals surface area contributed by atoms with Crippen LogP contribution < -0.4 is 15.4 Å². The molecule has 0 aliphatic carbocycles. The van der Waals surface area contributed by atoms with E-state index in [1.807, 2.05) is 41.8 Å². The van der Waals surface area contributed by atoms with Gasteiger partial charge in [0.05, 0.1) is 11.7 Å². The van der Waals surface area contributed by atoms with Gasteiger partial charge in [-0.05, 0) is 24.6 Å². The monoisotopic (exact) mass is 321 g/mol. The lowest BCUT2D eigenvalue weighted by Crippen LogP contribution is -2.45. The Bertz CT molecular complexity index is 587. The van der Waals surface area contributed by atoms with Gasteiger partial charge in [0.15, 0.2) is 6.61 Å². The number of thioether (sulfide) groups is 1. The molecule has 22 heavy (non-hydrogen) atoms. The van der Waals surface area contributed by atoms with Gasteiger partial charge in [0.1, 0.15) is 5.75 Å². The summed E-state index contributed by atoms with van der Waals surface area (Å²) in [6.45, 7) is 3.56. The highest BCUT2D eigenvalue weighted by atomic mass is 32.2. The van der Waals surface area contributed by atoms with Crippen molar-refractivity contribution < 1.29 is 14.3 Å². The Labute approximate surface area is 133 Å². The van der Waals surface area contributed by atoms with E-state index in [2.05, 4.69) is 10.6 Å². The summed E-state index contributed by atoms with van der Waals surface area (Å²) >= 11 is 1.87. The number of anilines is 1. The topological polar surface area (TPSA) is 70.7 Å². The van der Waals surface area contributed by atoms with Gasteiger partial charge in [-0.1, -0.05) is 6.07 Å². The first kappa shape index (κ1) is 15.0. The number of carbonyl (C=O) groups is 2. The predicted octanol–water partition coefficient (Wildman–Crippen LogP) is 1.84. The molecule has 0 bridgehead atoms. The first-order chi connectivity index (χ1) is 10.6. The standard InChI is InChI=1S/C15H19N3O3S/c1-10(16-15(20)18-4-6-22-7-5-18)11-2-3-13-12(8-11)17-14(19)9-21-13/h2-3,8,10H,4-7,9H2,1H3,(H,16,20)(H,17,19)/t10-/m0/s1. The number of carbonyl (C=O) groups excluding carboxylic acids is 2. The lowest BCUT2D eigenvalue weighted by Gasteiger charge is -2.28. The van der Waals surface area contributed by atoms with Gasteiger partial charge in [0.25, 0.3) is 5.91 Å². The van der Waals surface area contributed by atoms with Crippen LogP contribution in [0.3, 0.4) is 0 Å². The summed E-state index contributed by atoms with van der Waals surface area (Å²) in [4.78, 5) is 25.5. The highest BCUT2D eigenvalue weighted by Gasteiger charge is 2.21. The molecule has 1 aromatic carbocycles. The number of hydrogen-bond donors (Lipinski definition) is 2. The molecule has 6 nitrogen and oxygen atoms in total. The van der Waals surface area contributed by atoms with Crippen molar-refractivity contribution >= 4 is 29.4 Å². The van der Waals surface area contributed by atoms with Gasteiger partial charge < -0.3 is 20.3 Å². The number of urea groups is 1. The average Bonchev–Trinajstić information content (AvgIpc) is 2.54. The Balaban J connectivity index is 1.67. The molecule has 2 N–H and O–H groups in total. The van der Waals surface area contributed by atoms with Crippen molar-refractivity contribution in [2.75, 3.05) is 36.5 Å². The van der Waals surface area contributed by atoms with Crippen molar-refractivity contribution in [3.63, 3.8) is 0 Å². The first-order valence-corrected chi connectivity index (χ1v) is 8.49. The highest BCUT2D eigenvalue weighted by Crippen LogP contribution is 2.30. The molecule has 1 fully saturated rings. The van der Waals surface area contributed by atoms with E-state index in [1.165, 1.54) is 0 Å². The molecule has 1 atom stereocenters. The fourth-order valence-corrected chi connectivity index (χ4v) is 3.40. The van der Waals surface area contributed by atoms with E-state index in [-0.39, 0.29) is 24.6 Å². The smallest absolute Gasteiger partial charge is 0.317 e. The summed E-state index contributed by atoms with van der Waals surface area (Å²) in [6, 6.07) is 5.41. The van der Waals surface area contributed by atoms with E-state index in [0.29, 0.717) is 11.4 Å². The molecule has 2 heterocycles. The summed E-state index contributed by atoms with van der Waals surface area (Å²) in [7, 11) is 0. The minimum atomic E-state index is -0.160. The maximum Gasteiger partial charge on any atom is 0.317 e. The summed E-state index contributed by atoms with van der Waals surface area (Å²) in [5, 5.41) is 5.79. The molecular weight excluding hydrogens is 302 g/mol. The lowest BCUT2D eigenvalue weighted by molar-refractivity contribution is -0.118. The van der Waals surface area contributed by atoms with Crippen molar-refractivity contribution in [1.29, 1.82) is 0 Å². The Hall–Kier alpha value is -1.89. The fourth-order valence-electron chi connectivity index (χ4n) is 2.50. The number of hydrogen-bond acceptors (Lipinski definition) is 4.